The lowest BCUT2D eigenvalue weighted by Crippen LogP contribution is -2.42. The Morgan fingerprint density at radius 1 is 1.10 bits per heavy atom. The van der Waals surface area contributed by atoms with Gasteiger partial charge >= 0.3 is 0 Å². The van der Waals surface area contributed by atoms with E-state index in [4.69, 9.17) is 0 Å². The highest BCUT2D eigenvalue weighted by atomic mass is 32.2. The molecule has 0 N–H and O–H groups in total. The van der Waals surface area contributed by atoms with Crippen molar-refractivity contribution >= 4 is 32.6 Å². The predicted octanol–water partition coefficient (Wildman–Crippen LogP) is 3.72. The standard InChI is InChI=1S/C12H23OS.C10H16O4S/c1-3-14(4-2)10-12(13)11-8-6-5-7-9-11;1-9(2)7-3-4-10(9,8(11)5-7)6-15(12,13)14/h11H,3-10H2,1-2H3;7H,3-6H2,1-2H3,(H,12,13,14)/q+1;/p-1. The first-order chi connectivity index (χ1) is 13.5. The van der Waals surface area contributed by atoms with Gasteiger partial charge in [-0.1, -0.05) is 33.1 Å². The van der Waals surface area contributed by atoms with Gasteiger partial charge in [-0.3, -0.25) is 9.59 Å². The summed E-state index contributed by atoms with van der Waals surface area (Å²) >= 11 is 0. The van der Waals surface area contributed by atoms with Crippen LogP contribution in [0.15, 0.2) is 0 Å². The molecule has 3 saturated carbocycles. The Hall–Kier alpha value is -0.400. The van der Waals surface area contributed by atoms with Crippen LogP contribution in [-0.2, 0) is 30.6 Å². The Balaban J connectivity index is 0.000000208. The molecule has 0 aliphatic heterocycles. The normalized spacial score (nSPS) is 29.0. The number of carbonyl (C=O) groups is 2. The molecule has 168 valence electrons. The summed E-state index contributed by atoms with van der Waals surface area (Å²) in [5, 5.41) is 0. The van der Waals surface area contributed by atoms with Crippen LogP contribution >= 0.6 is 0 Å². The van der Waals surface area contributed by atoms with E-state index < -0.39 is 21.3 Å². The first kappa shape index (κ1) is 24.9. The van der Waals surface area contributed by atoms with E-state index >= 15 is 0 Å². The number of hydrogen-bond donors (Lipinski definition) is 0. The maximum absolute atomic E-state index is 11.9. The van der Waals surface area contributed by atoms with Crippen molar-refractivity contribution < 1.29 is 22.6 Å². The van der Waals surface area contributed by atoms with Crippen molar-refractivity contribution in [1.82, 2.24) is 0 Å². The molecule has 2 bridgehead atoms. The average Bonchev–Trinajstić information content (AvgIpc) is 3.00. The Bertz CT molecular complexity index is 690. The molecule has 3 fully saturated rings. The van der Waals surface area contributed by atoms with E-state index in [0.717, 1.165) is 12.2 Å². The van der Waals surface area contributed by atoms with Gasteiger partial charge in [0.15, 0.2) is 11.5 Å². The van der Waals surface area contributed by atoms with Crippen molar-refractivity contribution in [3.63, 3.8) is 0 Å². The molecular formula is C22H38O5S2. The molecular weight excluding hydrogens is 408 g/mol. The predicted molar refractivity (Wildman–Crippen MR) is 118 cm³/mol. The maximum atomic E-state index is 11.9. The molecule has 7 heteroatoms. The SMILES string of the molecule is CC1(C)C2CCC1(CS(=O)(=O)[O-])C(=O)C2.CC[S+](CC)CC(=O)C1CCCCC1. The maximum Gasteiger partial charge on any atom is 0.184 e. The van der Waals surface area contributed by atoms with Crippen LogP contribution in [0.3, 0.4) is 0 Å². The second kappa shape index (κ2) is 9.82. The molecule has 29 heavy (non-hydrogen) atoms. The summed E-state index contributed by atoms with van der Waals surface area (Å²) in [6, 6.07) is 0. The van der Waals surface area contributed by atoms with Gasteiger partial charge in [0.05, 0.1) is 15.9 Å². The minimum Gasteiger partial charge on any atom is -0.748 e. The van der Waals surface area contributed by atoms with Crippen LogP contribution in [0, 0.1) is 22.7 Å². The molecule has 3 aliphatic rings. The molecule has 0 heterocycles. The summed E-state index contributed by atoms with van der Waals surface area (Å²) in [7, 11) is -3.95. The van der Waals surface area contributed by atoms with Gasteiger partial charge in [0.1, 0.15) is 17.3 Å². The lowest BCUT2D eigenvalue weighted by molar-refractivity contribution is -0.128. The molecule has 2 unspecified atom stereocenters. The molecule has 0 saturated heterocycles. The van der Waals surface area contributed by atoms with Gasteiger partial charge in [-0.05, 0) is 61.8 Å². The highest BCUT2D eigenvalue weighted by Gasteiger charge is 2.64. The second-order valence-corrected chi connectivity index (χ2v) is 13.6. The minimum atomic E-state index is -4.33. The third-order valence-corrected chi connectivity index (χ3v) is 11.0. The largest absolute Gasteiger partial charge is 0.748 e. The number of rotatable bonds is 7. The van der Waals surface area contributed by atoms with Crippen LogP contribution in [0.4, 0.5) is 0 Å². The molecule has 0 aromatic carbocycles. The van der Waals surface area contributed by atoms with Crippen molar-refractivity contribution in [3.05, 3.63) is 0 Å². The van der Waals surface area contributed by atoms with Gasteiger partial charge in [0, 0.05) is 17.8 Å². The molecule has 0 spiro atoms. The zero-order valence-electron chi connectivity index (χ0n) is 18.5. The van der Waals surface area contributed by atoms with Gasteiger partial charge in [-0.15, -0.1) is 0 Å². The minimum absolute atomic E-state index is 0.0248. The summed E-state index contributed by atoms with van der Waals surface area (Å²) in [6.07, 6.45) is 8.12. The summed E-state index contributed by atoms with van der Waals surface area (Å²) in [5.74, 6) is 3.97. The number of fused-ring (bicyclic) bond motifs is 2. The van der Waals surface area contributed by atoms with Crippen LogP contribution in [0.25, 0.3) is 0 Å². The molecule has 5 nitrogen and oxygen atoms in total. The van der Waals surface area contributed by atoms with E-state index in [9.17, 15) is 22.6 Å². The van der Waals surface area contributed by atoms with Gasteiger partial charge < -0.3 is 4.55 Å². The Morgan fingerprint density at radius 3 is 2.10 bits per heavy atom. The first-order valence-corrected chi connectivity index (χ1v) is 14.4. The third-order valence-electron chi connectivity index (χ3n) is 7.79. The van der Waals surface area contributed by atoms with Gasteiger partial charge in [-0.2, -0.15) is 0 Å². The zero-order valence-corrected chi connectivity index (χ0v) is 20.1. The summed E-state index contributed by atoms with van der Waals surface area (Å²) < 4.78 is 32.7. The second-order valence-electron chi connectivity index (χ2n) is 9.50. The fraction of sp³-hybridized carbons (Fsp3) is 0.909. The van der Waals surface area contributed by atoms with Crippen LogP contribution < -0.4 is 0 Å². The van der Waals surface area contributed by atoms with Crippen LogP contribution in [0.2, 0.25) is 0 Å². The molecule has 3 rings (SSSR count). The first-order valence-electron chi connectivity index (χ1n) is 11.1. The van der Waals surface area contributed by atoms with E-state index in [0.29, 0.717) is 35.4 Å². The number of carbonyl (C=O) groups excluding carboxylic acids is 2. The Kier molecular flexibility index (Phi) is 8.42. The van der Waals surface area contributed by atoms with Crippen molar-refractivity contribution in [2.24, 2.45) is 22.7 Å². The van der Waals surface area contributed by atoms with E-state index in [1.807, 2.05) is 13.8 Å². The average molecular weight is 447 g/mol. The monoisotopic (exact) mass is 446 g/mol. The lowest BCUT2D eigenvalue weighted by Gasteiger charge is -2.37. The highest BCUT2D eigenvalue weighted by molar-refractivity contribution is 7.97. The van der Waals surface area contributed by atoms with Crippen molar-refractivity contribution in [3.8, 4) is 0 Å². The molecule has 0 aromatic heterocycles. The molecule has 0 radical (unpaired) electrons. The van der Waals surface area contributed by atoms with E-state index in [2.05, 4.69) is 13.8 Å². The quantitative estimate of drug-likeness (QED) is 0.439. The lowest BCUT2D eigenvalue weighted by atomic mass is 9.70. The van der Waals surface area contributed by atoms with Crippen LogP contribution in [0.1, 0.15) is 79.1 Å². The molecule has 3 aliphatic carbocycles. The third kappa shape index (κ3) is 5.65. The number of Topliss-reactive ketones (excluding diaryl/α,β-unsaturated/α-hetero) is 2. The number of ketones is 2. The van der Waals surface area contributed by atoms with Crippen LogP contribution in [0.5, 0.6) is 0 Å². The molecule has 0 amide bonds. The highest BCUT2D eigenvalue weighted by Crippen LogP contribution is 2.64. The van der Waals surface area contributed by atoms with Crippen molar-refractivity contribution in [2.45, 2.75) is 79.1 Å². The van der Waals surface area contributed by atoms with Gasteiger partial charge in [0.2, 0.25) is 0 Å². The number of hydrogen-bond acceptors (Lipinski definition) is 5. The van der Waals surface area contributed by atoms with E-state index in [1.165, 1.54) is 43.6 Å². The molecule has 2 atom stereocenters. The zero-order chi connectivity index (χ0) is 21.9. The van der Waals surface area contributed by atoms with Crippen molar-refractivity contribution in [1.29, 1.82) is 0 Å². The van der Waals surface area contributed by atoms with E-state index in [-0.39, 0.29) is 17.1 Å². The summed E-state index contributed by atoms with van der Waals surface area (Å²) in [6.45, 7) is 8.25. The topological polar surface area (TPSA) is 91.3 Å². The van der Waals surface area contributed by atoms with E-state index in [1.54, 1.807) is 0 Å². The Morgan fingerprint density at radius 2 is 1.69 bits per heavy atom. The smallest absolute Gasteiger partial charge is 0.184 e. The fourth-order valence-electron chi connectivity index (χ4n) is 5.56. The summed E-state index contributed by atoms with van der Waals surface area (Å²) in [4.78, 5) is 23.8. The Labute approximate surface area is 179 Å². The van der Waals surface area contributed by atoms with Crippen molar-refractivity contribution in [2.75, 3.05) is 23.0 Å². The van der Waals surface area contributed by atoms with Gasteiger partial charge in [0.25, 0.3) is 0 Å². The summed E-state index contributed by atoms with van der Waals surface area (Å²) in [5.41, 5.74) is -1.22. The van der Waals surface area contributed by atoms with Gasteiger partial charge in [-0.25, -0.2) is 8.42 Å². The fourth-order valence-corrected chi connectivity index (χ4v) is 8.30. The van der Waals surface area contributed by atoms with Crippen LogP contribution in [-0.4, -0.2) is 47.5 Å². The molecule has 0 aromatic rings.